The number of hydrogen-bond acceptors (Lipinski definition) is 4. The van der Waals surface area contributed by atoms with Crippen LogP contribution in [0.1, 0.15) is 27.2 Å². The van der Waals surface area contributed by atoms with Crippen molar-refractivity contribution in [3.8, 4) is 0 Å². The van der Waals surface area contributed by atoms with Crippen molar-refractivity contribution in [1.82, 2.24) is 15.1 Å². The topological polar surface area (TPSA) is 50.2 Å². The van der Waals surface area contributed by atoms with E-state index in [2.05, 4.69) is 31.2 Å². The van der Waals surface area contributed by atoms with Crippen molar-refractivity contribution in [3.63, 3.8) is 0 Å². The van der Waals surface area contributed by atoms with E-state index in [0.717, 1.165) is 25.2 Å². The second-order valence-electron chi connectivity index (χ2n) is 4.81. The van der Waals surface area contributed by atoms with Crippen LogP contribution in [-0.4, -0.2) is 36.0 Å². The molecule has 0 aliphatic carbocycles. The van der Waals surface area contributed by atoms with Crippen LogP contribution in [0, 0.1) is 0 Å². The van der Waals surface area contributed by atoms with Gasteiger partial charge in [-0.05, 0) is 6.42 Å². The first-order valence-electron chi connectivity index (χ1n) is 6.56. The summed E-state index contributed by atoms with van der Waals surface area (Å²) >= 11 is 0. The molecule has 0 spiro atoms. The average molecular weight is 252 g/mol. The van der Waals surface area contributed by atoms with Crippen LogP contribution in [0.4, 0.5) is 5.69 Å². The van der Waals surface area contributed by atoms with Crippen LogP contribution >= 0.6 is 0 Å². The number of aromatic nitrogens is 2. The minimum absolute atomic E-state index is 0.0407. The molecule has 18 heavy (non-hydrogen) atoms. The van der Waals surface area contributed by atoms with Crippen LogP contribution in [0.15, 0.2) is 17.1 Å². The lowest BCUT2D eigenvalue weighted by molar-refractivity contribution is 0.500. The quantitative estimate of drug-likeness (QED) is 0.789. The molecular formula is C13H24N4O. The minimum Gasteiger partial charge on any atom is -0.373 e. The van der Waals surface area contributed by atoms with Crippen molar-refractivity contribution in [2.24, 2.45) is 0 Å². The van der Waals surface area contributed by atoms with E-state index in [4.69, 9.17) is 0 Å². The molecule has 0 unspecified atom stereocenters. The van der Waals surface area contributed by atoms with E-state index in [-0.39, 0.29) is 5.56 Å². The summed E-state index contributed by atoms with van der Waals surface area (Å²) < 4.78 is 1.50. The van der Waals surface area contributed by atoms with Gasteiger partial charge in [0.05, 0.1) is 18.4 Å². The van der Waals surface area contributed by atoms with Crippen LogP contribution in [0.25, 0.3) is 0 Å². The van der Waals surface area contributed by atoms with E-state index in [1.165, 1.54) is 4.68 Å². The number of rotatable bonds is 7. The Bertz CT molecular complexity index is 414. The van der Waals surface area contributed by atoms with Gasteiger partial charge in [0.15, 0.2) is 0 Å². The molecule has 0 aromatic carbocycles. The molecule has 1 heterocycles. The molecule has 1 aromatic rings. The first kappa shape index (κ1) is 14.7. The number of nitrogens with zero attached hydrogens (tertiary/aromatic N) is 3. The van der Waals surface area contributed by atoms with Gasteiger partial charge < -0.3 is 10.2 Å². The molecule has 0 fully saturated rings. The Morgan fingerprint density at radius 2 is 2.22 bits per heavy atom. The van der Waals surface area contributed by atoms with Crippen LogP contribution < -0.4 is 15.8 Å². The summed E-state index contributed by atoms with van der Waals surface area (Å²) in [6.45, 7) is 8.57. The molecule has 0 aliphatic rings. The van der Waals surface area contributed by atoms with E-state index in [9.17, 15) is 4.79 Å². The largest absolute Gasteiger partial charge is 0.373 e. The molecule has 1 rings (SSSR count). The third kappa shape index (κ3) is 4.49. The summed E-state index contributed by atoms with van der Waals surface area (Å²) in [6, 6.07) is 2.08. The van der Waals surface area contributed by atoms with E-state index in [1.54, 1.807) is 12.3 Å². The van der Waals surface area contributed by atoms with E-state index in [1.807, 2.05) is 11.9 Å². The predicted molar refractivity (Wildman–Crippen MR) is 75.2 cm³/mol. The molecule has 102 valence electrons. The van der Waals surface area contributed by atoms with Crippen molar-refractivity contribution >= 4 is 5.69 Å². The van der Waals surface area contributed by atoms with Gasteiger partial charge in [-0.2, -0.15) is 5.10 Å². The van der Waals surface area contributed by atoms with Crippen molar-refractivity contribution < 1.29 is 0 Å². The first-order chi connectivity index (χ1) is 8.54. The third-order valence-corrected chi connectivity index (χ3v) is 2.73. The lowest BCUT2D eigenvalue weighted by Gasteiger charge is -2.18. The van der Waals surface area contributed by atoms with Crippen molar-refractivity contribution in [3.05, 3.63) is 22.6 Å². The SMILES string of the molecule is CCCN(C)c1cnn(CCNC(C)C)c(=O)c1. The fourth-order valence-corrected chi connectivity index (χ4v) is 1.72. The molecular weight excluding hydrogens is 228 g/mol. The van der Waals surface area contributed by atoms with Gasteiger partial charge in [-0.25, -0.2) is 4.68 Å². The Morgan fingerprint density at radius 3 is 2.78 bits per heavy atom. The van der Waals surface area contributed by atoms with Gasteiger partial charge in [0.1, 0.15) is 0 Å². The maximum atomic E-state index is 11.9. The molecule has 1 aromatic heterocycles. The highest BCUT2D eigenvalue weighted by Gasteiger charge is 2.04. The second-order valence-corrected chi connectivity index (χ2v) is 4.81. The minimum atomic E-state index is -0.0407. The van der Waals surface area contributed by atoms with Gasteiger partial charge in [-0.3, -0.25) is 4.79 Å². The van der Waals surface area contributed by atoms with E-state index < -0.39 is 0 Å². The van der Waals surface area contributed by atoms with Crippen molar-refractivity contribution in [1.29, 1.82) is 0 Å². The monoisotopic (exact) mass is 252 g/mol. The van der Waals surface area contributed by atoms with Crippen molar-refractivity contribution in [2.45, 2.75) is 39.8 Å². The van der Waals surface area contributed by atoms with E-state index >= 15 is 0 Å². The smallest absolute Gasteiger partial charge is 0.268 e. The van der Waals surface area contributed by atoms with E-state index in [0.29, 0.717) is 12.6 Å². The Kier molecular flexibility index (Phi) is 5.85. The summed E-state index contributed by atoms with van der Waals surface area (Å²) in [7, 11) is 1.98. The summed E-state index contributed by atoms with van der Waals surface area (Å²) in [5.41, 5.74) is 0.843. The lowest BCUT2D eigenvalue weighted by atomic mass is 10.3. The average Bonchev–Trinajstić information content (AvgIpc) is 2.31. The molecule has 5 heteroatoms. The molecule has 0 amide bonds. The highest BCUT2D eigenvalue weighted by atomic mass is 16.1. The van der Waals surface area contributed by atoms with Gasteiger partial charge in [0.25, 0.3) is 5.56 Å². The maximum absolute atomic E-state index is 11.9. The molecule has 0 saturated heterocycles. The third-order valence-electron chi connectivity index (χ3n) is 2.73. The van der Waals surface area contributed by atoms with Gasteiger partial charge in [-0.1, -0.05) is 20.8 Å². The fraction of sp³-hybridized carbons (Fsp3) is 0.692. The first-order valence-corrected chi connectivity index (χ1v) is 6.56. The molecule has 0 saturated carbocycles. The Labute approximate surface area is 109 Å². The normalized spacial score (nSPS) is 10.9. The number of anilines is 1. The predicted octanol–water partition coefficient (Wildman–Crippen LogP) is 1.09. The molecule has 5 nitrogen and oxygen atoms in total. The standard InChI is InChI=1S/C13H24N4O/c1-5-7-16(4)12-9-13(18)17(15-10-12)8-6-14-11(2)3/h9-11,14H,5-8H2,1-4H3. The highest BCUT2D eigenvalue weighted by molar-refractivity contribution is 5.41. The van der Waals surface area contributed by atoms with Gasteiger partial charge in [0.2, 0.25) is 0 Å². The zero-order valence-corrected chi connectivity index (χ0v) is 11.8. The summed E-state index contributed by atoms with van der Waals surface area (Å²) in [5.74, 6) is 0. The van der Waals surface area contributed by atoms with Crippen LogP contribution in [0.3, 0.4) is 0 Å². The van der Waals surface area contributed by atoms with Gasteiger partial charge in [-0.15, -0.1) is 0 Å². The van der Waals surface area contributed by atoms with Crippen molar-refractivity contribution in [2.75, 3.05) is 25.0 Å². The Morgan fingerprint density at radius 1 is 1.50 bits per heavy atom. The van der Waals surface area contributed by atoms with Gasteiger partial charge in [0, 0.05) is 32.2 Å². The zero-order chi connectivity index (χ0) is 13.5. The van der Waals surface area contributed by atoms with Crippen LogP contribution in [0.5, 0.6) is 0 Å². The molecule has 0 radical (unpaired) electrons. The summed E-state index contributed by atoms with van der Waals surface area (Å²) in [4.78, 5) is 13.9. The Hall–Kier alpha value is -1.36. The lowest BCUT2D eigenvalue weighted by Crippen LogP contribution is -2.32. The molecule has 0 bridgehead atoms. The highest BCUT2D eigenvalue weighted by Crippen LogP contribution is 2.06. The molecule has 1 N–H and O–H groups in total. The second kappa shape index (κ2) is 7.16. The van der Waals surface area contributed by atoms with Gasteiger partial charge >= 0.3 is 0 Å². The molecule has 0 atom stereocenters. The number of hydrogen-bond donors (Lipinski definition) is 1. The summed E-state index contributed by atoms with van der Waals surface area (Å²) in [5, 5.41) is 7.47. The zero-order valence-electron chi connectivity index (χ0n) is 11.8. The Balaban J connectivity index is 2.65. The number of nitrogens with one attached hydrogen (secondary N) is 1. The summed E-state index contributed by atoms with van der Waals surface area (Å²) in [6.07, 6.45) is 2.81. The fourth-order valence-electron chi connectivity index (χ4n) is 1.72. The van der Waals surface area contributed by atoms with Crippen LogP contribution in [0.2, 0.25) is 0 Å². The molecule has 0 aliphatic heterocycles. The maximum Gasteiger partial charge on any atom is 0.268 e. The van der Waals surface area contributed by atoms with Crippen LogP contribution in [-0.2, 0) is 6.54 Å².